The van der Waals surface area contributed by atoms with Gasteiger partial charge < -0.3 is 0 Å². The molecule has 0 fully saturated rings. The fourth-order valence-corrected chi connectivity index (χ4v) is 16.2. The molecule has 0 aromatic heterocycles. The zero-order valence-electron chi connectivity index (χ0n) is 37.2. The van der Waals surface area contributed by atoms with Gasteiger partial charge in [0.25, 0.3) is 0 Å². The molecule has 1 heterocycles. The first-order valence-corrected chi connectivity index (χ1v) is 28.2. The van der Waals surface area contributed by atoms with Gasteiger partial charge in [-0.1, -0.05) is 291 Å². The first-order chi connectivity index (χ1) is 27.1. The lowest BCUT2D eigenvalue weighted by Gasteiger charge is -2.31. The van der Waals surface area contributed by atoms with Crippen molar-refractivity contribution in [1.82, 2.24) is 0 Å². The summed E-state index contributed by atoms with van der Waals surface area (Å²) in [5.74, 6) is 0. The van der Waals surface area contributed by atoms with E-state index in [1.807, 2.05) is 0 Å². The van der Waals surface area contributed by atoms with E-state index in [0.29, 0.717) is 0 Å². The minimum absolute atomic E-state index is 1.28. The Hall–Kier alpha value is -0.863. The van der Waals surface area contributed by atoms with Crippen molar-refractivity contribution in [3.63, 3.8) is 0 Å². The Bertz CT molecular complexity index is 1110. The molecule has 0 aliphatic carbocycles. The number of rotatable bonds is 38. The van der Waals surface area contributed by atoms with Crippen molar-refractivity contribution in [3.8, 4) is 11.1 Å². The normalized spacial score (nSPS) is 13.1. The van der Waals surface area contributed by atoms with Gasteiger partial charge in [0.1, 0.15) is 8.07 Å². The Morgan fingerprint density at radius 2 is 0.618 bits per heavy atom. The van der Waals surface area contributed by atoms with Crippen molar-refractivity contribution in [2.24, 2.45) is 0 Å². The predicted octanol–water partition coefficient (Wildman–Crippen LogP) is 18.4. The molecule has 0 radical (unpaired) electrons. The number of aryl methyl sites for hydroxylation is 1. The second-order valence-corrected chi connectivity index (χ2v) is 23.5. The van der Waals surface area contributed by atoms with Crippen molar-refractivity contribution in [2.75, 3.05) is 0 Å². The van der Waals surface area contributed by atoms with E-state index in [1.165, 1.54) is 253 Å². The third kappa shape index (κ3) is 20.1. The van der Waals surface area contributed by atoms with Crippen LogP contribution in [0.2, 0.25) is 12.1 Å². The van der Waals surface area contributed by atoms with Crippen LogP contribution in [0, 0.1) is 6.92 Å². The lowest BCUT2D eigenvalue weighted by Crippen LogP contribution is -2.55. The average Bonchev–Trinajstić information content (AvgIpc) is 3.44. The van der Waals surface area contributed by atoms with E-state index in [-0.39, 0.29) is 0 Å². The van der Waals surface area contributed by atoms with Crippen LogP contribution in [-0.4, -0.2) is 8.07 Å². The minimum atomic E-state index is -1.79. The van der Waals surface area contributed by atoms with Gasteiger partial charge in [-0.15, -0.1) is 0 Å². The van der Waals surface area contributed by atoms with Crippen LogP contribution in [-0.2, 0) is 0 Å². The van der Waals surface area contributed by atoms with Gasteiger partial charge in [0.2, 0.25) is 0 Å². The maximum Gasteiger partial charge on any atom is 0.119 e. The van der Waals surface area contributed by atoms with Gasteiger partial charge >= 0.3 is 0 Å². The highest BCUT2D eigenvalue weighted by Crippen LogP contribution is 2.37. The Kier molecular flexibility index (Phi) is 28.3. The highest BCUT2D eigenvalue weighted by Gasteiger charge is 2.44. The van der Waals surface area contributed by atoms with Crippen molar-refractivity contribution in [1.29, 1.82) is 0 Å². The molecule has 2 aromatic carbocycles. The number of hydrogen-bond donors (Lipinski definition) is 0. The van der Waals surface area contributed by atoms with E-state index in [1.54, 1.807) is 21.5 Å². The number of unbranched alkanes of at least 4 members (excludes halogenated alkanes) is 34. The molecule has 1 aliphatic rings. The maximum atomic E-state index is 3.91. The van der Waals surface area contributed by atoms with Crippen LogP contribution < -0.4 is 10.4 Å². The third-order valence-electron chi connectivity index (χ3n) is 13.4. The summed E-state index contributed by atoms with van der Waals surface area (Å²) in [6, 6.07) is 17.6. The monoisotopic (exact) mass is 835 g/mol. The lowest BCUT2D eigenvalue weighted by molar-refractivity contribution is 0.526. The number of fused-ring (bicyclic) bond motifs is 3. The molecule has 2 aromatic rings. The quantitative estimate of drug-likeness (QED) is 0.0467. The van der Waals surface area contributed by atoms with E-state index in [2.05, 4.69) is 73.1 Å². The van der Waals surface area contributed by atoms with Crippen LogP contribution in [0.3, 0.4) is 0 Å². The lowest BCUT2D eigenvalue weighted by atomic mass is 10.0. The molecule has 0 atom stereocenters. The van der Waals surface area contributed by atoms with Gasteiger partial charge in [0.05, 0.1) is 0 Å². The molecule has 55 heavy (non-hydrogen) atoms. The third-order valence-corrected chi connectivity index (χ3v) is 19.2. The minimum Gasteiger partial charge on any atom is -0.0654 e. The number of benzene rings is 2. The molecule has 0 saturated heterocycles. The fourth-order valence-electron chi connectivity index (χ4n) is 9.90. The highest BCUT2D eigenvalue weighted by atomic mass is 79.9. The van der Waals surface area contributed by atoms with Crippen LogP contribution in [0.15, 0.2) is 40.9 Å². The first-order valence-electron chi connectivity index (χ1n) is 25.0. The summed E-state index contributed by atoms with van der Waals surface area (Å²) in [7, 11) is -1.79. The van der Waals surface area contributed by atoms with Gasteiger partial charge in [-0.05, 0) is 52.6 Å². The molecule has 0 saturated carbocycles. The van der Waals surface area contributed by atoms with Gasteiger partial charge in [-0.2, -0.15) is 0 Å². The summed E-state index contributed by atoms with van der Waals surface area (Å²) in [5.41, 5.74) is 4.59. The van der Waals surface area contributed by atoms with Gasteiger partial charge in [-0.3, -0.25) is 0 Å². The van der Waals surface area contributed by atoms with E-state index < -0.39 is 8.07 Å². The Labute approximate surface area is 354 Å². The van der Waals surface area contributed by atoms with Crippen molar-refractivity contribution < 1.29 is 0 Å². The predicted molar refractivity (Wildman–Crippen MR) is 257 cm³/mol. The molecule has 0 nitrogen and oxygen atoms in total. The Morgan fingerprint density at radius 1 is 0.345 bits per heavy atom. The van der Waals surface area contributed by atoms with Gasteiger partial charge in [-0.25, -0.2) is 0 Å². The summed E-state index contributed by atoms with van der Waals surface area (Å²) >= 11 is 3.91. The van der Waals surface area contributed by atoms with E-state index in [9.17, 15) is 0 Å². The smallest absolute Gasteiger partial charge is 0.0654 e. The van der Waals surface area contributed by atoms with Crippen LogP contribution in [0.4, 0.5) is 0 Å². The zero-order valence-corrected chi connectivity index (χ0v) is 39.8. The van der Waals surface area contributed by atoms with Crippen LogP contribution in [0.5, 0.6) is 0 Å². The number of hydrogen-bond acceptors (Lipinski definition) is 0. The summed E-state index contributed by atoms with van der Waals surface area (Å²) in [6.07, 6.45) is 52.3. The fraction of sp³-hybridized carbons (Fsp3) is 0.774. The molecule has 3 rings (SSSR count). The average molecular weight is 836 g/mol. The molecule has 2 heteroatoms. The first kappa shape index (κ1) is 48.5. The molecule has 0 unspecified atom stereocenters. The van der Waals surface area contributed by atoms with E-state index >= 15 is 0 Å². The summed E-state index contributed by atoms with van der Waals surface area (Å²) in [5, 5.41) is 3.53. The van der Waals surface area contributed by atoms with Crippen molar-refractivity contribution in [3.05, 3.63) is 46.4 Å². The standard InChI is InChI=1S/C53H91BrSi/c1-4-6-8-10-12-14-16-18-20-22-24-26-28-30-32-34-36-38-44-55(52-46-48(3)40-42-50(52)51-43-41-49(54)47-53(51)55)45-39-37-35-33-31-29-27-25-23-21-19-17-15-13-11-9-7-5-2/h40-43,46-47H,4-39,44-45H2,1-3H3. The topological polar surface area (TPSA) is 0 Å². The summed E-state index contributed by atoms with van der Waals surface area (Å²) in [4.78, 5) is 0. The second kappa shape index (κ2) is 32.0. The van der Waals surface area contributed by atoms with Crippen molar-refractivity contribution in [2.45, 2.75) is 264 Å². The Morgan fingerprint density at radius 3 is 0.945 bits per heavy atom. The largest absolute Gasteiger partial charge is 0.119 e. The molecular formula is C53H91BrSi. The summed E-state index contributed by atoms with van der Waals surface area (Å²) < 4.78 is 1.28. The van der Waals surface area contributed by atoms with E-state index in [4.69, 9.17) is 0 Å². The molecule has 0 bridgehead atoms. The van der Waals surface area contributed by atoms with Crippen LogP contribution in [0.1, 0.15) is 251 Å². The molecule has 1 aliphatic heterocycles. The molecule has 0 N–H and O–H groups in total. The Balaban J connectivity index is 1.31. The number of halogens is 1. The molecule has 314 valence electrons. The highest BCUT2D eigenvalue weighted by molar-refractivity contribution is 9.10. The molecule has 0 spiro atoms. The van der Waals surface area contributed by atoms with Gasteiger partial charge in [0.15, 0.2) is 0 Å². The SMILES string of the molecule is CCCCCCCCCCCCCCCCCCCC[Si]1(CCCCCCCCCCCCCCCCCCCC)c2cc(C)ccc2-c2ccc(Br)cc21. The summed E-state index contributed by atoms with van der Waals surface area (Å²) in [6.45, 7) is 6.95. The van der Waals surface area contributed by atoms with Crippen molar-refractivity contribution >= 4 is 34.4 Å². The maximum absolute atomic E-state index is 3.91. The van der Waals surface area contributed by atoms with E-state index in [0.717, 1.165) is 0 Å². The molecular weight excluding hydrogens is 745 g/mol. The van der Waals surface area contributed by atoms with Crippen LogP contribution >= 0.6 is 15.9 Å². The second-order valence-electron chi connectivity index (χ2n) is 18.3. The van der Waals surface area contributed by atoms with Gasteiger partial charge in [0, 0.05) is 4.47 Å². The zero-order chi connectivity index (χ0) is 39.1. The van der Waals surface area contributed by atoms with Crippen LogP contribution in [0.25, 0.3) is 11.1 Å². The molecule has 0 amide bonds.